The summed E-state index contributed by atoms with van der Waals surface area (Å²) in [5, 5.41) is 7.45. The van der Waals surface area contributed by atoms with E-state index in [0.29, 0.717) is 18.2 Å². The second kappa shape index (κ2) is 4.96. The minimum absolute atomic E-state index is 0.0555. The fraction of sp³-hybridized carbons (Fsp3) is 0.714. The molecule has 19 heavy (non-hydrogen) atoms. The predicted molar refractivity (Wildman–Crippen MR) is 74.9 cm³/mol. The van der Waals surface area contributed by atoms with Gasteiger partial charge in [-0.1, -0.05) is 20.8 Å². The van der Waals surface area contributed by atoms with Crippen LogP contribution in [-0.2, 0) is 12.5 Å². The summed E-state index contributed by atoms with van der Waals surface area (Å²) in [5.74, 6) is 0.483. The maximum atomic E-state index is 12.3. The van der Waals surface area contributed by atoms with Gasteiger partial charge in [0, 0.05) is 25.0 Å². The number of nitrogens with one attached hydrogen (secondary N) is 1. The third-order valence-corrected chi connectivity index (χ3v) is 3.64. The molecule has 0 radical (unpaired) electrons. The van der Waals surface area contributed by atoms with Crippen molar-refractivity contribution in [2.75, 3.05) is 6.54 Å². The van der Waals surface area contributed by atoms with Gasteiger partial charge >= 0.3 is 0 Å². The van der Waals surface area contributed by atoms with Crippen LogP contribution in [0.3, 0.4) is 0 Å². The monoisotopic (exact) mass is 264 g/mol. The molecule has 0 aromatic carbocycles. The van der Waals surface area contributed by atoms with Crippen molar-refractivity contribution in [2.24, 2.45) is 18.7 Å². The number of nitrogens with two attached hydrogens (primary N) is 1. The van der Waals surface area contributed by atoms with Crippen LogP contribution in [0.25, 0.3) is 0 Å². The van der Waals surface area contributed by atoms with Crippen molar-refractivity contribution in [2.45, 2.75) is 45.1 Å². The zero-order valence-electron chi connectivity index (χ0n) is 12.2. The Labute approximate surface area is 114 Å². The fourth-order valence-electron chi connectivity index (χ4n) is 2.16. The summed E-state index contributed by atoms with van der Waals surface area (Å²) in [5.41, 5.74) is 7.19. The Morgan fingerprint density at radius 2 is 2.21 bits per heavy atom. The van der Waals surface area contributed by atoms with Crippen molar-refractivity contribution in [3.63, 3.8) is 0 Å². The van der Waals surface area contributed by atoms with Crippen LogP contribution in [0.5, 0.6) is 0 Å². The molecule has 1 aromatic heterocycles. The van der Waals surface area contributed by atoms with Crippen molar-refractivity contribution < 1.29 is 4.79 Å². The average molecular weight is 264 g/mol. The molecule has 0 spiro atoms. The maximum absolute atomic E-state index is 12.3. The van der Waals surface area contributed by atoms with Crippen molar-refractivity contribution in [3.8, 4) is 0 Å². The van der Waals surface area contributed by atoms with Gasteiger partial charge in [-0.3, -0.25) is 9.48 Å². The lowest BCUT2D eigenvalue weighted by Crippen LogP contribution is -2.42. The minimum Gasteiger partial charge on any atom is -0.346 e. The molecule has 0 aliphatic heterocycles. The number of amides is 1. The highest BCUT2D eigenvalue weighted by molar-refractivity contribution is 5.93. The molecule has 1 aliphatic rings. The normalized spacial score (nSPS) is 17.3. The molecule has 3 N–H and O–H groups in total. The molecule has 0 bridgehead atoms. The van der Waals surface area contributed by atoms with Gasteiger partial charge in [-0.25, -0.2) is 0 Å². The van der Waals surface area contributed by atoms with Gasteiger partial charge in [0.1, 0.15) is 5.69 Å². The van der Waals surface area contributed by atoms with Gasteiger partial charge in [0.2, 0.25) is 0 Å². The second-order valence-corrected chi connectivity index (χ2v) is 6.44. The molecule has 1 amide bonds. The first-order valence-electron chi connectivity index (χ1n) is 6.88. The van der Waals surface area contributed by atoms with Crippen LogP contribution < -0.4 is 11.1 Å². The minimum atomic E-state index is -0.0761. The Hall–Kier alpha value is -1.36. The quantitative estimate of drug-likeness (QED) is 0.858. The van der Waals surface area contributed by atoms with Crippen LogP contribution in [-0.4, -0.2) is 28.3 Å². The van der Waals surface area contributed by atoms with E-state index in [4.69, 9.17) is 5.73 Å². The number of carbonyl (C=O) groups excluding carboxylic acids is 1. The highest BCUT2D eigenvalue weighted by atomic mass is 16.2. The maximum Gasteiger partial charge on any atom is 0.269 e. The number of carbonyl (C=O) groups is 1. The van der Waals surface area contributed by atoms with E-state index in [-0.39, 0.29) is 17.4 Å². The van der Waals surface area contributed by atoms with Crippen molar-refractivity contribution >= 4 is 5.91 Å². The van der Waals surface area contributed by atoms with Crippen LogP contribution in [0.4, 0.5) is 0 Å². The van der Waals surface area contributed by atoms with Crippen molar-refractivity contribution in [1.82, 2.24) is 15.1 Å². The molecule has 5 heteroatoms. The van der Waals surface area contributed by atoms with E-state index in [1.165, 1.54) is 12.8 Å². The van der Waals surface area contributed by atoms with Gasteiger partial charge < -0.3 is 11.1 Å². The summed E-state index contributed by atoms with van der Waals surface area (Å²) < 4.78 is 1.65. The van der Waals surface area contributed by atoms with Gasteiger partial charge in [-0.15, -0.1) is 0 Å². The number of rotatable bonds is 4. The lowest BCUT2D eigenvalue weighted by Gasteiger charge is -2.15. The molecule has 2 rings (SSSR count). The van der Waals surface area contributed by atoms with E-state index in [1.807, 2.05) is 6.07 Å². The molecular weight excluding hydrogens is 240 g/mol. The largest absolute Gasteiger partial charge is 0.346 e. The number of aryl methyl sites for hydroxylation is 1. The zero-order chi connectivity index (χ0) is 14.2. The summed E-state index contributed by atoms with van der Waals surface area (Å²) in [4.78, 5) is 12.3. The van der Waals surface area contributed by atoms with E-state index < -0.39 is 0 Å². The van der Waals surface area contributed by atoms with Crippen LogP contribution in [0.2, 0.25) is 0 Å². The topological polar surface area (TPSA) is 72.9 Å². The van der Waals surface area contributed by atoms with Crippen LogP contribution in [0.15, 0.2) is 6.07 Å². The number of nitrogens with zero attached hydrogens (tertiary/aromatic N) is 2. The molecule has 1 aliphatic carbocycles. The van der Waals surface area contributed by atoms with Gasteiger partial charge in [-0.2, -0.15) is 5.10 Å². The van der Waals surface area contributed by atoms with E-state index in [0.717, 1.165) is 5.69 Å². The standard InChI is InChI=1S/C14H24N4O/c1-14(2,3)12-7-11(18(4)17-12)13(19)16-10(8-15)9-5-6-9/h7,9-10H,5-6,8,15H2,1-4H3,(H,16,19). The Bertz CT molecular complexity index is 468. The van der Waals surface area contributed by atoms with Crippen molar-refractivity contribution in [1.29, 1.82) is 0 Å². The molecule has 1 aromatic rings. The summed E-state index contributed by atoms with van der Waals surface area (Å²) >= 11 is 0. The average Bonchev–Trinajstić information content (AvgIpc) is 3.07. The first-order chi connectivity index (χ1) is 8.82. The van der Waals surface area contributed by atoms with E-state index in [9.17, 15) is 4.79 Å². The van der Waals surface area contributed by atoms with E-state index in [2.05, 4.69) is 31.2 Å². The SMILES string of the molecule is Cn1nc(C(C)(C)C)cc1C(=O)NC(CN)C1CC1. The molecule has 1 unspecified atom stereocenters. The Morgan fingerprint density at radius 1 is 1.58 bits per heavy atom. The zero-order valence-corrected chi connectivity index (χ0v) is 12.2. The molecule has 1 saturated carbocycles. The van der Waals surface area contributed by atoms with Crippen LogP contribution in [0.1, 0.15) is 49.8 Å². The number of hydrogen-bond donors (Lipinski definition) is 2. The summed E-state index contributed by atoms with van der Waals surface area (Å²) in [6.07, 6.45) is 2.33. The van der Waals surface area contributed by atoms with Crippen LogP contribution in [0, 0.1) is 5.92 Å². The van der Waals surface area contributed by atoms with Gasteiger partial charge in [-0.05, 0) is 24.8 Å². The van der Waals surface area contributed by atoms with Gasteiger partial charge in [0.25, 0.3) is 5.91 Å². The highest BCUT2D eigenvalue weighted by Crippen LogP contribution is 2.32. The molecule has 0 saturated heterocycles. The van der Waals surface area contributed by atoms with Crippen molar-refractivity contribution in [3.05, 3.63) is 17.5 Å². The summed E-state index contributed by atoms with van der Waals surface area (Å²) in [6, 6.07) is 1.97. The Morgan fingerprint density at radius 3 is 2.63 bits per heavy atom. The van der Waals surface area contributed by atoms with Crippen LogP contribution >= 0.6 is 0 Å². The smallest absolute Gasteiger partial charge is 0.269 e. The molecule has 106 valence electrons. The molecular formula is C14H24N4O. The third kappa shape index (κ3) is 3.15. The molecule has 1 heterocycles. The lowest BCUT2D eigenvalue weighted by molar-refractivity contribution is 0.0924. The Balaban J connectivity index is 2.12. The first kappa shape index (κ1) is 14.1. The summed E-state index contributed by atoms with van der Waals surface area (Å²) in [6.45, 7) is 6.76. The predicted octanol–water partition coefficient (Wildman–Crippen LogP) is 1.18. The first-order valence-corrected chi connectivity index (χ1v) is 6.88. The lowest BCUT2D eigenvalue weighted by atomic mass is 9.92. The van der Waals surface area contributed by atoms with E-state index >= 15 is 0 Å². The highest BCUT2D eigenvalue weighted by Gasteiger charge is 2.32. The third-order valence-electron chi connectivity index (χ3n) is 3.64. The van der Waals surface area contributed by atoms with Gasteiger partial charge in [0.05, 0.1) is 5.69 Å². The molecule has 1 fully saturated rings. The number of aromatic nitrogens is 2. The van der Waals surface area contributed by atoms with Gasteiger partial charge in [0.15, 0.2) is 0 Å². The molecule has 1 atom stereocenters. The summed E-state index contributed by atoms with van der Waals surface area (Å²) in [7, 11) is 1.80. The second-order valence-electron chi connectivity index (χ2n) is 6.44. The fourth-order valence-corrected chi connectivity index (χ4v) is 2.16. The molecule has 5 nitrogen and oxygen atoms in total. The number of hydrogen-bond acceptors (Lipinski definition) is 3. The Kier molecular flexibility index (Phi) is 3.67. The van der Waals surface area contributed by atoms with E-state index in [1.54, 1.807) is 11.7 Å².